The van der Waals surface area contributed by atoms with Gasteiger partial charge in [0, 0.05) is 35.7 Å². The molecule has 9 nitrogen and oxygen atoms in total. The Morgan fingerprint density at radius 2 is 2.26 bits per heavy atom. The molecule has 142 valence electrons. The van der Waals surface area contributed by atoms with Gasteiger partial charge in [-0.2, -0.15) is 0 Å². The predicted octanol–water partition coefficient (Wildman–Crippen LogP) is 1.40. The van der Waals surface area contributed by atoms with Crippen molar-refractivity contribution < 1.29 is 19.6 Å². The molecule has 0 saturated carbocycles. The summed E-state index contributed by atoms with van der Waals surface area (Å²) in [5.74, 6) is -2.73. The van der Waals surface area contributed by atoms with Crippen molar-refractivity contribution in [1.29, 1.82) is 0 Å². The Bertz CT molecular complexity index is 958. The number of H-pyrrole nitrogens is 2. The van der Waals surface area contributed by atoms with Gasteiger partial charge in [0.2, 0.25) is 0 Å². The van der Waals surface area contributed by atoms with E-state index in [0.717, 1.165) is 0 Å². The van der Waals surface area contributed by atoms with E-state index in [4.69, 9.17) is 4.74 Å². The number of aliphatic hydroxyl groups is 1. The first-order chi connectivity index (χ1) is 12.8. The molecule has 0 fully saturated rings. The number of rotatable bonds is 5. The molecule has 1 aromatic heterocycles. The van der Waals surface area contributed by atoms with Crippen LogP contribution in [0, 0.1) is 16.0 Å². The number of non-ortho nitro benzene ring substituents is 1. The van der Waals surface area contributed by atoms with Crippen molar-refractivity contribution in [3.63, 3.8) is 0 Å². The minimum Gasteiger partial charge on any atom is -0.461 e. The van der Waals surface area contributed by atoms with E-state index < -0.39 is 33.9 Å². The summed E-state index contributed by atoms with van der Waals surface area (Å²) in [6.07, 6.45) is 1.42. The maximum Gasteiger partial charge on any atom is 0.313 e. The molecule has 9 heteroatoms. The number of nitrogens with zero attached hydrogens (tertiary/aromatic N) is 1. The van der Waals surface area contributed by atoms with Gasteiger partial charge < -0.3 is 14.9 Å². The van der Waals surface area contributed by atoms with Crippen LogP contribution >= 0.6 is 0 Å². The SMILES string of the molecule is C=CCOC(=O)[C@@H]1[C@@H](c2cccc([N+](=O)[O-])c2)c2c([nH][nH]c2=O)C[C@@]1(C)O. The molecule has 0 aliphatic heterocycles. The monoisotopic (exact) mass is 373 g/mol. The number of carbonyl (C=O) groups is 1. The molecule has 0 spiro atoms. The average molecular weight is 373 g/mol. The summed E-state index contributed by atoms with van der Waals surface area (Å²) < 4.78 is 5.15. The summed E-state index contributed by atoms with van der Waals surface area (Å²) in [6, 6.07) is 5.68. The molecule has 27 heavy (non-hydrogen) atoms. The van der Waals surface area contributed by atoms with Crippen LogP contribution in [0.2, 0.25) is 0 Å². The van der Waals surface area contributed by atoms with Crippen molar-refractivity contribution in [2.75, 3.05) is 6.61 Å². The van der Waals surface area contributed by atoms with E-state index in [1.54, 1.807) is 6.07 Å². The van der Waals surface area contributed by atoms with Crippen molar-refractivity contribution in [3.05, 3.63) is 74.2 Å². The third-order valence-corrected chi connectivity index (χ3v) is 4.78. The Morgan fingerprint density at radius 1 is 1.52 bits per heavy atom. The number of nitrogens with one attached hydrogen (secondary N) is 2. The average Bonchev–Trinajstić information content (AvgIpc) is 2.97. The Kier molecular flexibility index (Phi) is 4.71. The third kappa shape index (κ3) is 3.28. The van der Waals surface area contributed by atoms with Gasteiger partial charge in [-0.3, -0.25) is 24.8 Å². The maximum atomic E-state index is 12.7. The summed E-state index contributed by atoms with van der Waals surface area (Å²) in [6.45, 7) is 4.91. The lowest BCUT2D eigenvalue weighted by molar-refractivity contribution is -0.384. The Balaban J connectivity index is 2.20. The summed E-state index contributed by atoms with van der Waals surface area (Å²) in [7, 11) is 0. The Labute approximate surface area is 153 Å². The molecule has 2 aromatic rings. The highest BCUT2D eigenvalue weighted by atomic mass is 16.6. The number of aromatic nitrogens is 2. The standard InChI is InChI=1S/C18H19N3O6/c1-3-7-27-17(23)15-13(10-5-4-6-11(8-10)21(25)26)14-12(9-18(15,2)24)19-20-16(14)22/h3-6,8,13,15,24H,1,7,9H2,2H3,(H2,19,20,22)/t13-,15-,18+/m0/s1. The molecular formula is C18H19N3O6. The minimum atomic E-state index is -1.54. The summed E-state index contributed by atoms with van der Waals surface area (Å²) in [5.41, 5.74) is -1.07. The molecule has 3 atom stereocenters. The largest absolute Gasteiger partial charge is 0.461 e. The smallest absolute Gasteiger partial charge is 0.313 e. The first-order valence-electron chi connectivity index (χ1n) is 8.30. The number of aromatic amines is 2. The van der Waals surface area contributed by atoms with Gasteiger partial charge in [-0.05, 0) is 12.5 Å². The third-order valence-electron chi connectivity index (χ3n) is 4.78. The number of benzene rings is 1. The van der Waals surface area contributed by atoms with Crippen LogP contribution in [0.4, 0.5) is 5.69 Å². The molecule has 3 N–H and O–H groups in total. The van der Waals surface area contributed by atoms with Crippen LogP contribution in [-0.4, -0.2) is 38.4 Å². The second kappa shape index (κ2) is 6.84. The van der Waals surface area contributed by atoms with Crippen molar-refractivity contribution in [2.45, 2.75) is 24.9 Å². The normalized spacial score (nSPS) is 24.1. The van der Waals surface area contributed by atoms with Crippen LogP contribution in [0.25, 0.3) is 0 Å². The number of hydrogen-bond donors (Lipinski definition) is 3. The molecule has 1 aliphatic carbocycles. The maximum absolute atomic E-state index is 12.7. The fourth-order valence-corrected chi connectivity index (χ4v) is 3.68. The van der Waals surface area contributed by atoms with Crippen molar-refractivity contribution >= 4 is 11.7 Å². The Morgan fingerprint density at radius 3 is 2.93 bits per heavy atom. The second-order valence-corrected chi connectivity index (χ2v) is 6.73. The van der Waals surface area contributed by atoms with Crippen LogP contribution in [-0.2, 0) is 16.0 Å². The lowest BCUT2D eigenvalue weighted by atomic mass is 9.66. The topological polar surface area (TPSA) is 138 Å². The zero-order chi connectivity index (χ0) is 19.8. The molecule has 0 saturated heterocycles. The zero-order valence-corrected chi connectivity index (χ0v) is 14.6. The van der Waals surface area contributed by atoms with Gasteiger partial charge in [-0.15, -0.1) is 0 Å². The predicted molar refractivity (Wildman–Crippen MR) is 95.3 cm³/mol. The van der Waals surface area contributed by atoms with E-state index in [2.05, 4.69) is 16.8 Å². The quantitative estimate of drug-likeness (QED) is 0.313. The first-order valence-corrected chi connectivity index (χ1v) is 8.30. The molecular weight excluding hydrogens is 354 g/mol. The van der Waals surface area contributed by atoms with Crippen LogP contribution in [0.1, 0.15) is 29.7 Å². The number of hydrogen-bond acceptors (Lipinski definition) is 6. The van der Waals surface area contributed by atoms with Gasteiger partial charge in [-0.1, -0.05) is 24.8 Å². The second-order valence-electron chi connectivity index (χ2n) is 6.73. The fourth-order valence-electron chi connectivity index (χ4n) is 3.68. The number of nitro groups is 1. The van der Waals surface area contributed by atoms with Crippen LogP contribution in [0.3, 0.4) is 0 Å². The summed E-state index contributed by atoms with van der Waals surface area (Å²) in [5, 5.41) is 27.3. The van der Waals surface area contributed by atoms with Crippen LogP contribution in [0.15, 0.2) is 41.7 Å². The highest BCUT2D eigenvalue weighted by Crippen LogP contribution is 2.45. The minimum absolute atomic E-state index is 0.0281. The Hall–Kier alpha value is -3.20. The molecule has 1 aromatic carbocycles. The van der Waals surface area contributed by atoms with E-state index in [0.29, 0.717) is 11.3 Å². The van der Waals surface area contributed by atoms with Gasteiger partial charge in [0.05, 0.1) is 16.4 Å². The molecule has 3 rings (SSSR count). The van der Waals surface area contributed by atoms with E-state index in [1.807, 2.05) is 0 Å². The van der Waals surface area contributed by atoms with Crippen molar-refractivity contribution in [1.82, 2.24) is 10.2 Å². The van der Waals surface area contributed by atoms with Gasteiger partial charge in [-0.25, -0.2) is 0 Å². The lowest BCUT2D eigenvalue weighted by Gasteiger charge is -2.40. The molecule has 1 aliphatic rings. The number of esters is 1. The molecule has 0 amide bonds. The van der Waals surface area contributed by atoms with E-state index in [9.17, 15) is 24.8 Å². The molecule has 1 heterocycles. The van der Waals surface area contributed by atoms with Crippen LogP contribution < -0.4 is 5.56 Å². The van der Waals surface area contributed by atoms with Gasteiger partial charge in [0.15, 0.2) is 0 Å². The van der Waals surface area contributed by atoms with E-state index in [-0.39, 0.29) is 24.3 Å². The van der Waals surface area contributed by atoms with Crippen molar-refractivity contribution in [2.24, 2.45) is 5.92 Å². The van der Waals surface area contributed by atoms with E-state index in [1.165, 1.54) is 31.2 Å². The van der Waals surface area contributed by atoms with Gasteiger partial charge >= 0.3 is 5.97 Å². The lowest BCUT2D eigenvalue weighted by Crippen LogP contribution is -2.50. The number of ether oxygens (including phenoxy) is 1. The van der Waals surface area contributed by atoms with Gasteiger partial charge in [0.25, 0.3) is 11.2 Å². The molecule has 0 unspecified atom stereocenters. The summed E-state index contributed by atoms with van der Waals surface area (Å²) in [4.78, 5) is 35.7. The molecule has 0 bridgehead atoms. The highest BCUT2D eigenvalue weighted by molar-refractivity contribution is 5.77. The fraction of sp³-hybridized carbons (Fsp3) is 0.333. The highest BCUT2D eigenvalue weighted by Gasteiger charge is 2.51. The zero-order valence-electron chi connectivity index (χ0n) is 14.6. The summed E-state index contributed by atoms with van der Waals surface area (Å²) >= 11 is 0. The number of carbonyl (C=O) groups excluding carboxylic acids is 1. The van der Waals surface area contributed by atoms with E-state index >= 15 is 0 Å². The molecule has 0 radical (unpaired) electrons. The van der Waals surface area contributed by atoms with Gasteiger partial charge in [0.1, 0.15) is 6.61 Å². The number of fused-ring (bicyclic) bond motifs is 1. The number of nitro benzene ring substituents is 1. The van der Waals surface area contributed by atoms with Crippen molar-refractivity contribution in [3.8, 4) is 0 Å². The first kappa shape index (κ1) is 18.6. The van der Waals surface area contributed by atoms with Crippen LogP contribution in [0.5, 0.6) is 0 Å².